The molecular weight excluding hydrogens is 232 g/mol. The average Bonchev–Trinajstić information content (AvgIpc) is 2.73. The molecule has 1 heterocycles. The molecule has 19 heavy (non-hydrogen) atoms. The zero-order chi connectivity index (χ0) is 13.3. The van der Waals surface area contributed by atoms with Gasteiger partial charge in [0.05, 0.1) is 0 Å². The summed E-state index contributed by atoms with van der Waals surface area (Å²) in [5.74, 6) is 0. The molecule has 2 nitrogen and oxygen atoms in total. The van der Waals surface area contributed by atoms with E-state index in [1.165, 1.54) is 69.5 Å². The van der Waals surface area contributed by atoms with Crippen LogP contribution in [0.1, 0.15) is 37.3 Å². The van der Waals surface area contributed by atoms with Crippen molar-refractivity contribution < 1.29 is 0 Å². The van der Waals surface area contributed by atoms with E-state index in [9.17, 15) is 0 Å². The van der Waals surface area contributed by atoms with E-state index in [-0.39, 0.29) is 0 Å². The normalized spacial score (nSPS) is 17.3. The number of hydrogen-bond donors (Lipinski definition) is 1. The summed E-state index contributed by atoms with van der Waals surface area (Å²) in [4.78, 5) is 2.61. The van der Waals surface area contributed by atoms with Gasteiger partial charge < -0.3 is 10.2 Å². The monoisotopic (exact) mass is 260 g/mol. The van der Waals surface area contributed by atoms with Gasteiger partial charge in [-0.3, -0.25) is 0 Å². The van der Waals surface area contributed by atoms with Crippen LogP contribution in [0, 0.1) is 0 Å². The highest BCUT2D eigenvalue weighted by molar-refractivity contribution is 5.22. The van der Waals surface area contributed by atoms with E-state index in [4.69, 9.17) is 0 Å². The molecule has 0 amide bonds. The van der Waals surface area contributed by atoms with E-state index in [0.29, 0.717) is 0 Å². The van der Waals surface area contributed by atoms with Crippen LogP contribution >= 0.6 is 0 Å². The number of rotatable bonds is 6. The van der Waals surface area contributed by atoms with Crippen molar-refractivity contribution in [3.8, 4) is 0 Å². The Hall–Kier alpha value is -0.860. The van der Waals surface area contributed by atoms with E-state index in [1.807, 2.05) is 0 Å². The predicted molar refractivity (Wildman–Crippen MR) is 82.7 cm³/mol. The van der Waals surface area contributed by atoms with Gasteiger partial charge in [-0.15, -0.1) is 0 Å². The van der Waals surface area contributed by atoms with E-state index >= 15 is 0 Å². The van der Waals surface area contributed by atoms with Crippen molar-refractivity contribution in [1.29, 1.82) is 0 Å². The van der Waals surface area contributed by atoms with Gasteiger partial charge in [0.1, 0.15) is 0 Å². The molecule has 0 atom stereocenters. The summed E-state index contributed by atoms with van der Waals surface area (Å²) in [6.45, 7) is 8.35. The first-order chi connectivity index (χ1) is 9.38. The molecule has 0 spiro atoms. The molecule has 0 saturated carbocycles. The lowest BCUT2D eigenvalue weighted by atomic mass is 10.0. The first kappa shape index (κ1) is 14.5. The fourth-order valence-corrected chi connectivity index (χ4v) is 2.73. The molecule has 1 saturated heterocycles. The summed E-state index contributed by atoms with van der Waals surface area (Å²) in [5.41, 5.74) is 2.94. The third-order valence-electron chi connectivity index (χ3n) is 4.05. The molecule has 1 fully saturated rings. The molecule has 2 rings (SSSR count). The molecule has 1 aliphatic rings. The maximum absolute atomic E-state index is 3.46. The van der Waals surface area contributed by atoms with Crippen molar-refractivity contribution in [2.75, 3.05) is 32.7 Å². The maximum Gasteiger partial charge on any atom is 0.0107 e. The van der Waals surface area contributed by atoms with Crippen LogP contribution in [0.4, 0.5) is 0 Å². The van der Waals surface area contributed by atoms with Gasteiger partial charge in [0.15, 0.2) is 0 Å². The smallest absolute Gasteiger partial charge is 0.0107 e. The summed E-state index contributed by atoms with van der Waals surface area (Å²) in [6, 6.07) is 9.15. The van der Waals surface area contributed by atoms with Gasteiger partial charge in [0.25, 0.3) is 0 Å². The van der Waals surface area contributed by atoms with Crippen LogP contribution in [0.3, 0.4) is 0 Å². The van der Waals surface area contributed by atoms with Crippen LogP contribution in [0.5, 0.6) is 0 Å². The zero-order valence-electron chi connectivity index (χ0n) is 12.3. The molecule has 2 heteroatoms. The van der Waals surface area contributed by atoms with Gasteiger partial charge in [0.2, 0.25) is 0 Å². The average molecular weight is 260 g/mol. The van der Waals surface area contributed by atoms with Crippen molar-refractivity contribution in [3.05, 3.63) is 35.4 Å². The van der Waals surface area contributed by atoms with E-state index in [1.54, 1.807) is 0 Å². The SMILES string of the molecule is CCc1ccc(CCCCN2CCCNCC2)cc1. The Morgan fingerprint density at radius 1 is 1.00 bits per heavy atom. The van der Waals surface area contributed by atoms with Crippen LogP contribution in [0.25, 0.3) is 0 Å². The minimum Gasteiger partial charge on any atom is -0.315 e. The lowest BCUT2D eigenvalue weighted by molar-refractivity contribution is 0.286. The van der Waals surface area contributed by atoms with Crippen LogP contribution in [0.15, 0.2) is 24.3 Å². The van der Waals surface area contributed by atoms with E-state index in [0.717, 1.165) is 6.42 Å². The second-order valence-electron chi connectivity index (χ2n) is 5.57. The minimum atomic E-state index is 1.14. The Balaban J connectivity index is 1.62. The highest BCUT2D eigenvalue weighted by Gasteiger charge is 2.07. The number of aryl methyl sites for hydroxylation is 2. The number of nitrogens with zero attached hydrogens (tertiary/aromatic N) is 1. The third-order valence-corrected chi connectivity index (χ3v) is 4.05. The summed E-state index contributed by atoms with van der Waals surface area (Å²) in [5, 5.41) is 3.46. The Kier molecular flexibility index (Phi) is 6.38. The molecule has 106 valence electrons. The van der Waals surface area contributed by atoms with Gasteiger partial charge in [0, 0.05) is 13.1 Å². The van der Waals surface area contributed by atoms with Gasteiger partial charge >= 0.3 is 0 Å². The van der Waals surface area contributed by atoms with Gasteiger partial charge in [-0.1, -0.05) is 31.2 Å². The Bertz CT molecular complexity index is 337. The summed E-state index contributed by atoms with van der Waals surface area (Å²) in [7, 11) is 0. The highest BCUT2D eigenvalue weighted by atomic mass is 15.1. The van der Waals surface area contributed by atoms with Gasteiger partial charge in [-0.2, -0.15) is 0 Å². The second-order valence-corrected chi connectivity index (χ2v) is 5.57. The van der Waals surface area contributed by atoms with Crippen molar-refractivity contribution in [2.24, 2.45) is 0 Å². The highest BCUT2D eigenvalue weighted by Crippen LogP contribution is 2.09. The predicted octanol–water partition coefficient (Wildman–Crippen LogP) is 2.87. The quantitative estimate of drug-likeness (QED) is 0.791. The summed E-state index contributed by atoms with van der Waals surface area (Å²) >= 11 is 0. The lowest BCUT2D eigenvalue weighted by Crippen LogP contribution is -2.29. The molecule has 0 radical (unpaired) electrons. The van der Waals surface area contributed by atoms with Crippen molar-refractivity contribution in [3.63, 3.8) is 0 Å². The Labute approximate surface area is 118 Å². The largest absolute Gasteiger partial charge is 0.315 e. The Morgan fingerprint density at radius 2 is 1.79 bits per heavy atom. The molecule has 0 aromatic heterocycles. The topological polar surface area (TPSA) is 15.3 Å². The van der Waals surface area contributed by atoms with Crippen molar-refractivity contribution in [2.45, 2.75) is 39.0 Å². The number of nitrogens with one attached hydrogen (secondary N) is 1. The van der Waals surface area contributed by atoms with Crippen LogP contribution in [0.2, 0.25) is 0 Å². The van der Waals surface area contributed by atoms with Gasteiger partial charge in [-0.05, 0) is 62.9 Å². The minimum absolute atomic E-state index is 1.14. The first-order valence-corrected chi connectivity index (χ1v) is 7.89. The van der Waals surface area contributed by atoms with Crippen LogP contribution in [-0.4, -0.2) is 37.6 Å². The third kappa shape index (κ3) is 5.33. The lowest BCUT2D eigenvalue weighted by Gasteiger charge is -2.19. The fraction of sp³-hybridized carbons (Fsp3) is 0.647. The molecule has 1 aliphatic heterocycles. The number of benzene rings is 1. The first-order valence-electron chi connectivity index (χ1n) is 7.89. The zero-order valence-corrected chi connectivity index (χ0v) is 12.3. The standard InChI is InChI=1S/C17H28N2/c1-2-16-7-9-17(10-8-16)6-3-4-13-19-14-5-11-18-12-15-19/h7-10,18H,2-6,11-15H2,1H3. The number of unbranched alkanes of at least 4 members (excludes halogenated alkanes) is 1. The second kappa shape index (κ2) is 8.34. The van der Waals surface area contributed by atoms with Crippen LogP contribution < -0.4 is 5.32 Å². The Morgan fingerprint density at radius 3 is 2.58 bits per heavy atom. The van der Waals surface area contributed by atoms with Gasteiger partial charge in [-0.25, -0.2) is 0 Å². The molecule has 1 N–H and O–H groups in total. The molecular formula is C17H28N2. The van der Waals surface area contributed by atoms with Crippen molar-refractivity contribution >= 4 is 0 Å². The molecule has 0 bridgehead atoms. The molecule has 0 unspecified atom stereocenters. The van der Waals surface area contributed by atoms with E-state index in [2.05, 4.69) is 41.4 Å². The molecule has 1 aromatic rings. The fourth-order valence-electron chi connectivity index (χ4n) is 2.73. The summed E-state index contributed by atoms with van der Waals surface area (Å²) in [6.07, 6.45) is 6.32. The van der Waals surface area contributed by atoms with Crippen LogP contribution in [-0.2, 0) is 12.8 Å². The van der Waals surface area contributed by atoms with E-state index < -0.39 is 0 Å². The van der Waals surface area contributed by atoms with Crippen molar-refractivity contribution in [1.82, 2.24) is 10.2 Å². The molecule has 1 aromatic carbocycles. The molecule has 0 aliphatic carbocycles. The summed E-state index contributed by atoms with van der Waals surface area (Å²) < 4.78 is 0. The maximum atomic E-state index is 3.46. The number of hydrogen-bond acceptors (Lipinski definition) is 2.